The predicted octanol–water partition coefficient (Wildman–Crippen LogP) is 3.38. The van der Waals surface area contributed by atoms with Crippen molar-refractivity contribution >= 4 is 28.5 Å². The molecule has 4 aromatic rings. The SMILES string of the molecule is NC(N)=NCCC[C@H]1C[C@@H](OCc2ccc3ccccc3c2)CN1C(=O)[C@@H](Cc1ccccc1)NC(=O)[C@H](N)Cc1ccc(O)cc1. The number of benzene rings is 4. The van der Waals surface area contributed by atoms with E-state index in [1.807, 2.05) is 47.4 Å². The Bertz CT molecular complexity index is 1660. The number of hydrogen-bond donors (Lipinski definition) is 5. The third-order valence-corrected chi connectivity index (χ3v) is 8.57. The van der Waals surface area contributed by atoms with Crippen molar-refractivity contribution in [2.45, 2.75) is 62.9 Å². The zero-order valence-electron chi connectivity index (χ0n) is 26.5. The van der Waals surface area contributed by atoms with Gasteiger partial charge in [0.2, 0.25) is 11.8 Å². The first-order chi connectivity index (χ1) is 22.7. The number of carbonyl (C=O) groups is 2. The maximum Gasteiger partial charge on any atom is 0.245 e. The van der Waals surface area contributed by atoms with Gasteiger partial charge in [0, 0.05) is 25.6 Å². The highest BCUT2D eigenvalue weighted by Crippen LogP contribution is 2.27. The van der Waals surface area contributed by atoms with Crippen molar-refractivity contribution in [3.05, 3.63) is 114 Å². The Morgan fingerprint density at radius 2 is 1.57 bits per heavy atom. The van der Waals surface area contributed by atoms with E-state index in [0.29, 0.717) is 45.4 Å². The molecule has 4 aromatic carbocycles. The molecular weight excluding hydrogens is 592 g/mol. The minimum absolute atomic E-state index is 0.0372. The Morgan fingerprint density at radius 1 is 0.894 bits per heavy atom. The van der Waals surface area contributed by atoms with E-state index in [9.17, 15) is 14.7 Å². The van der Waals surface area contributed by atoms with Gasteiger partial charge in [-0.2, -0.15) is 0 Å². The standard InChI is InChI=1S/C37H44N6O4/c38-33(20-26-13-16-31(44)17-14-26)35(45)42-34(21-25-7-2-1-3-8-25)36(46)43-23-32(22-30(43)11-6-18-41-37(39)40)47-24-27-12-15-28-9-4-5-10-29(28)19-27/h1-5,7-10,12-17,19,30,32-34,44H,6,11,18,20-24,38H2,(H,42,45)(H4,39,40,41)/t30-,32+,33+,34+/m0/s1. The van der Waals surface area contributed by atoms with Crippen molar-refractivity contribution in [2.24, 2.45) is 22.2 Å². The third kappa shape index (κ3) is 9.54. The monoisotopic (exact) mass is 636 g/mol. The van der Waals surface area contributed by atoms with Gasteiger partial charge in [-0.1, -0.05) is 78.9 Å². The summed E-state index contributed by atoms with van der Waals surface area (Å²) in [7, 11) is 0. The van der Waals surface area contributed by atoms with E-state index in [1.54, 1.807) is 24.3 Å². The molecule has 2 amide bonds. The lowest BCUT2D eigenvalue weighted by Crippen LogP contribution is -2.55. The maximum absolute atomic E-state index is 14.3. The molecule has 0 saturated carbocycles. The number of aromatic hydroxyl groups is 1. The molecule has 1 heterocycles. The first-order valence-electron chi connectivity index (χ1n) is 16.1. The number of phenols is 1. The summed E-state index contributed by atoms with van der Waals surface area (Å²) in [4.78, 5) is 33.7. The van der Waals surface area contributed by atoms with E-state index in [4.69, 9.17) is 21.9 Å². The van der Waals surface area contributed by atoms with Gasteiger partial charge in [-0.25, -0.2) is 0 Å². The van der Waals surface area contributed by atoms with E-state index in [0.717, 1.165) is 22.1 Å². The fraction of sp³-hybridized carbons (Fsp3) is 0.324. The highest BCUT2D eigenvalue weighted by atomic mass is 16.5. The molecule has 1 aliphatic heterocycles. The molecule has 1 aliphatic rings. The minimum atomic E-state index is -0.877. The minimum Gasteiger partial charge on any atom is -0.508 e. The molecule has 1 saturated heterocycles. The van der Waals surface area contributed by atoms with Crippen LogP contribution in [-0.2, 0) is 33.8 Å². The number of hydrogen-bond acceptors (Lipinski definition) is 6. The second kappa shape index (κ2) is 16.1. The van der Waals surface area contributed by atoms with E-state index < -0.39 is 18.0 Å². The average molecular weight is 637 g/mol. The van der Waals surface area contributed by atoms with Crippen LogP contribution in [0.4, 0.5) is 0 Å². The fourth-order valence-electron chi connectivity index (χ4n) is 6.12. The zero-order valence-corrected chi connectivity index (χ0v) is 26.5. The van der Waals surface area contributed by atoms with Gasteiger partial charge in [-0.15, -0.1) is 0 Å². The number of ether oxygens (including phenoxy) is 1. The maximum atomic E-state index is 14.3. The first kappa shape index (κ1) is 33.4. The van der Waals surface area contributed by atoms with Crippen LogP contribution < -0.4 is 22.5 Å². The molecule has 8 N–H and O–H groups in total. The quantitative estimate of drug-likeness (QED) is 0.0803. The Balaban J connectivity index is 1.31. The van der Waals surface area contributed by atoms with Crippen molar-refractivity contribution < 1.29 is 19.4 Å². The van der Waals surface area contributed by atoms with Crippen LogP contribution >= 0.6 is 0 Å². The lowest BCUT2D eigenvalue weighted by Gasteiger charge is -2.30. The predicted molar refractivity (Wildman–Crippen MR) is 184 cm³/mol. The molecule has 10 nitrogen and oxygen atoms in total. The number of rotatable bonds is 14. The topological polar surface area (TPSA) is 169 Å². The van der Waals surface area contributed by atoms with Crippen molar-refractivity contribution in [3.63, 3.8) is 0 Å². The van der Waals surface area contributed by atoms with Crippen LogP contribution in [0.25, 0.3) is 10.8 Å². The van der Waals surface area contributed by atoms with Gasteiger partial charge in [0.25, 0.3) is 0 Å². The molecule has 47 heavy (non-hydrogen) atoms. The molecular formula is C37H44N6O4. The molecule has 0 aliphatic carbocycles. The Hall–Kier alpha value is -4.93. The van der Waals surface area contributed by atoms with Crippen molar-refractivity contribution in [1.29, 1.82) is 0 Å². The highest BCUT2D eigenvalue weighted by molar-refractivity contribution is 5.90. The zero-order chi connectivity index (χ0) is 33.2. The smallest absolute Gasteiger partial charge is 0.245 e. The van der Waals surface area contributed by atoms with Crippen molar-refractivity contribution in [3.8, 4) is 5.75 Å². The number of likely N-dealkylation sites (tertiary alicyclic amines) is 1. The van der Waals surface area contributed by atoms with Crippen molar-refractivity contribution in [2.75, 3.05) is 13.1 Å². The van der Waals surface area contributed by atoms with Gasteiger partial charge in [0.05, 0.1) is 18.8 Å². The number of carbonyl (C=O) groups excluding carboxylic acids is 2. The van der Waals surface area contributed by atoms with Crippen LogP contribution in [-0.4, -0.2) is 65.1 Å². The molecule has 0 aromatic heterocycles. The number of nitrogens with zero attached hydrogens (tertiary/aromatic N) is 2. The number of phenolic OH excluding ortho intramolecular Hbond substituents is 1. The van der Waals surface area contributed by atoms with Crippen molar-refractivity contribution in [1.82, 2.24) is 10.2 Å². The molecule has 246 valence electrons. The highest BCUT2D eigenvalue weighted by Gasteiger charge is 2.39. The van der Waals surface area contributed by atoms with Gasteiger partial charge in [-0.05, 0) is 71.3 Å². The van der Waals surface area contributed by atoms with Crippen LogP contribution in [0.2, 0.25) is 0 Å². The van der Waals surface area contributed by atoms with Crippen LogP contribution in [0.5, 0.6) is 5.75 Å². The Morgan fingerprint density at radius 3 is 2.32 bits per heavy atom. The van der Waals surface area contributed by atoms with Gasteiger partial charge in [0.15, 0.2) is 5.96 Å². The molecule has 0 unspecified atom stereocenters. The normalized spacial score (nSPS) is 17.3. The molecule has 0 spiro atoms. The molecule has 1 fully saturated rings. The largest absolute Gasteiger partial charge is 0.508 e. The summed E-state index contributed by atoms with van der Waals surface area (Å²) < 4.78 is 6.40. The van der Waals surface area contributed by atoms with Crippen LogP contribution in [0.1, 0.15) is 36.0 Å². The van der Waals surface area contributed by atoms with Gasteiger partial charge >= 0.3 is 0 Å². The first-order valence-corrected chi connectivity index (χ1v) is 16.1. The summed E-state index contributed by atoms with van der Waals surface area (Å²) in [6, 6.07) is 28.9. The number of aliphatic imine (C=N–C) groups is 1. The third-order valence-electron chi connectivity index (χ3n) is 8.57. The Kier molecular flexibility index (Phi) is 11.4. The van der Waals surface area contributed by atoms with Gasteiger partial charge in [0.1, 0.15) is 11.8 Å². The second-order valence-corrected chi connectivity index (χ2v) is 12.2. The van der Waals surface area contributed by atoms with E-state index in [-0.39, 0.29) is 36.2 Å². The molecule has 5 rings (SSSR count). The van der Waals surface area contributed by atoms with E-state index >= 15 is 0 Å². The van der Waals surface area contributed by atoms with E-state index in [1.165, 1.54) is 5.39 Å². The second-order valence-electron chi connectivity index (χ2n) is 12.2. The summed E-state index contributed by atoms with van der Waals surface area (Å²) in [5.74, 6) is -0.420. The number of amides is 2. The molecule has 0 bridgehead atoms. The van der Waals surface area contributed by atoms with E-state index in [2.05, 4.69) is 40.6 Å². The fourth-order valence-corrected chi connectivity index (χ4v) is 6.12. The summed E-state index contributed by atoms with van der Waals surface area (Å²) >= 11 is 0. The number of nitrogens with one attached hydrogen (secondary N) is 1. The summed E-state index contributed by atoms with van der Waals surface area (Å²) in [6.07, 6.45) is 2.44. The summed E-state index contributed by atoms with van der Waals surface area (Å²) in [5.41, 5.74) is 20.2. The van der Waals surface area contributed by atoms with Gasteiger partial charge in [-0.3, -0.25) is 14.6 Å². The Labute approximate surface area is 275 Å². The molecule has 0 radical (unpaired) electrons. The lowest BCUT2D eigenvalue weighted by molar-refractivity contribution is -0.138. The summed E-state index contributed by atoms with van der Waals surface area (Å²) in [5, 5.41) is 14.9. The number of nitrogens with two attached hydrogens (primary N) is 3. The van der Waals surface area contributed by atoms with Crippen LogP contribution in [0.3, 0.4) is 0 Å². The number of fused-ring (bicyclic) bond motifs is 1. The average Bonchev–Trinajstić information content (AvgIpc) is 3.49. The molecule has 4 atom stereocenters. The molecule has 10 heteroatoms. The van der Waals surface area contributed by atoms with Gasteiger partial charge < -0.3 is 37.3 Å². The summed E-state index contributed by atoms with van der Waals surface area (Å²) in [6.45, 7) is 1.29. The van der Waals surface area contributed by atoms with Crippen LogP contribution in [0, 0.1) is 0 Å². The van der Waals surface area contributed by atoms with Crippen LogP contribution in [0.15, 0.2) is 102 Å². The number of guanidine groups is 1. The lowest BCUT2D eigenvalue weighted by atomic mass is 10.0.